The Balaban J connectivity index is 1.96. The highest BCUT2D eigenvalue weighted by Crippen LogP contribution is 2.34. The van der Waals surface area contributed by atoms with Crippen molar-refractivity contribution in [1.29, 1.82) is 0 Å². The van der Waals surface area contributed by atoms with E-state index < -0.39 is 0 Å². The van der Waals surface area contributed by atoms with Gasteiger partial charge >= 0.3 is 5.97 Å². The Morgan fingerprint density at radius 3 is 2.50 bits per heavy atom. The summed E-state index contributed by atoms with van der Waals surface area (Å²) in [5, 5.41) is 3.41. The standard InChI is InChI=1S/C17H17NO2/c1-11-3-6-13(7-4-11)15-10-17(19)20-16-9-12(2)5-8-14(16)18-15/h3-9,15,18H,10H2,1-2H3. The SMILES string of the molecule is Cc1ccc(C2CC(=O)Oc3cc(C)ccc3N2)cc1. The summed E-state index contributed by atoms with van der Waals surface area (Å²) in [6.45, 7) is 4.03. The fourth-order valence-corrected chi connectivity index (χ4v) is 2.40. The van der Waals surface area contributed by atoms with E-state index in [4.69, 9.17) is 4.74 Å². The molecule has 0 radical (unpaired) electrons. The molecule has 2 aromatic carbocycles. The third kappa shape index (κ3) is 2.52. The minimum atomic E-state index is -0.201. The zero-order valence-corrected chi connectivity index (χ0v) is 11.6. The number of anilines is 1. The van der Waals surface area contributed by atoms with Crippen molar-refractivity contribution in [2.24, 2.45) is 0 Å². The van der Waals surface area contributed by atoms with E-state index >= 15 is 0 Å². The van der Waals surface area contributed by atoms with Gasteiger partial charge in [0.15, 0.2) is 5.75 Å². The molecule has 20 heavy (non-hydrogen) atoms. The number of esters is 1. The van der Waals surface area contributed by atoms with E-state index in [-0.39, 0.29) is 12.0 Å². The highest BCUT2D eigenvalue weighted by molar-refractivity contribution is 5.78. The summed E-state index contributed by atoms with van der Waals surface area (Å²) in [6, 6.07) is 14.0. The minimum absolute atomic E-state index is 0.0490. The molecule has 102 valence electrons. The number of fused-ring (bicyclic) bond motifs is 1. The van der Waals surface area contributed by atoms with Crippen molar-refractivity contribution in [3.8, 4) is 5.75 Å². The van der Waals surface area contributed by atoms with Gasteiger partial charge in [0.05, 0.1) is 18.2 Å². The van der Waals surface area contributed by atoms with E-state index in [1.807, 2.05) is 25.1 Å². The van der Waals surface area contributed by atoms with Gasteiger partial charge < -0.3 is 10.1 Å². The van der Waals surface area contributed by atoms with Gasteiger partial charge in [0.1, 0.15) is 0 Å². The molecule has 0 amide bonds. The Kier molecular flexibility index (Phi) is 3.18. The van der Waals surface area contributed by atoms with Crippen molar-refractivity contribution in [1.82, 2.24) is 0 Å². The molecule has 0 saturated carbocycles. The smallest absolute Gasteiger partial charge is 0.313 e. The normalized spacial score (nSPS) is 17.7. The summed E-state index contributed by atoms with van der Waals surface area (Å²) in [4.78, 5) is 11.9. The molecule has 1 aliphatic heterocycles. The Morgan fingerprint density at radius 1 is 1.05 bits per heavy atom. The maximum atomic E-state index is 11.9. The van der Waals surface area contributed by atoms with Crippen LogP contribution >= 0.6 is 0 Å². The zero-order valence-electron chi connectivity index (χ0n) is 11.6. The molecule has 0 spiro atoms. The summed E-state index contributed by atoms with van der Waals surface area (Å²) < 4.78 is 5.41. The van der Waals surface area contributed by atoms with Crippen LogP contribution in [0.1, 0.15) is 29.2 Å². The van der Waals surface area contributed by atoms with Crippen molar-refractivity contribution in [2.45, 2.75) is 26.3 Å². The second kappa shape index (κ2) is 5.00. The maximum absolute atomic E-state index is 11.9. The highest BCUT2D eigenvalue weighted by atomic mass is 16.5. The molecule has 0 bridgehead atoms. The number of hydrogen-bond acceptors (Lipinski definition) is 3. The molecule has 1 aliphatic rings. The first-order valence-electron chi connectivity index (χ1n) is 6.76. The average Bonchev–Trinajstić information content (AvgIpc) is 2.57. The number of hydrogen-bond donors (Lipinski definition) is 1. The molecule has 2 aromatic rings. The molecule has 1 atom stereocenters. The van der Waals surface area contributed by atoms with Crippen LogP contribution in [-0.4, -0.2) is 5.97 Å². The average molecular weight is 267 g/mol. The Bertz CT molecular complexity index is 647. The number of rotatable bonds is 1. The second-order valence-corrected chi connectivity index (χ2v) is 5.29. The van der Waals surface area contributed by atoms with Crippen LogP contribution in [0.4, 0.5) is 5.69 Å². The summed E-state index contributed by atoms with van der Waals surface area (Å²) in [7, 11) is 0. The largest absolute Gasteiger partial charge is 0.424 e. The third-order valence-corrected chi connectivity index (χ3v) is 3.54. The first-order valence-corrected chi connectivity index (χ1v) is 6.76. The molecule has 1 N–H and O–H groups in total. The van der Waals surface area contributed by atoms with E-state index in [1.165, 1.54) is 5.56 Å². The van der Waals surface area contributed by atoms with Crippen LogP contribution in [0, 0.1) is 13.8 Å². The highest BCUT2D eigenvalue weighted by Gasteiger charge is 2.23. The van der Waals surface area contributed by atoms with Gasteiger partial charge in [-0.1, -0.05) is 35.9 Å². The summed E-state index contributed by atoms with van der Waals surface area (Å²) in [5.41, 5.74) is 4.25. The molecular weight excluding hydrogens is 250 g/mol. The van der Waals surface area contributed by atoms with Crippen molar-refractivity contribution in [3.05, 3.63) is 59.2 Å². The lowest BCUT2D eigenvalue weighted by Crippen LogP contribution is -2.14. The molecule has 3 rings (SSSR count). The summed E-state index contributed by atoms with van der Waals surface area (Å²) in [6.07, 6.45) is 0.330. The van der Waals surface area contributed by atoms with E-state index in [0.717, 1.165) is 16.8 Å². The first-order chi connectivity index (χ1) is 9.61. The molecule has 0 aliphatic carbocycles. The molecule has 3 nitrogen and oxygen atoms in total. The van der Waals surface area contributed by atoms with Gasteiger partial charge in [-0.05, 0) is 37.1 Å². The number of carbonyl (C=O) groups excluding carboxylic acids is 1. The Hall–Kier alpha value is -2.29. The van der Waals surface area contributed by atoms with Crippen LogP contribution in [0.2, 0.25) is 0 Å². The predicted molar refractivity (Wildman–Crippen MR) is 79.0 cm³/mol. The van der Waals surface area contributed by atoms with Gasteiger partial charge in [0, 0.05) is 0 Å². The van der Waals surface area contributed by atoms with E-state index in [2.05, 4.69) is 36.5 Å². The van der Waals surface area contributed by atoms with Crippen LogP contribution in [-0.2, 0) is 4.79 Å². The second-order valence-electron chi connectivity index (χ2n) is 5.29. The fraction of sp³-hybridized carbons (Fsp3) is 0.235. The van der Waals surface area contributed by atoms with Crippen LogP contribution in [0.5, 0.6) is 5.75 Å². The zero-order chi connectivity index (χ0) is 14.1. The predicted octanol–water partition coefficient (Wildman–Crippen LogP) is 3.77. The summed E-state index contributed by atoms with van der Waals surface area (Å²) in [5.74, 6) is 0.414. The van der Waals surface area contributed by atoms with Crippen molar-refractivity contribution in [2.75, 3.05) is 5.32 Å². The molecular formula is C17H17NO2. The van der Waals surface area contributed by atoms with E-state index in [9.17, 15) is 4.79 Å². The molecule has 1 unspecified atom stereocenters. The van der Waals surface area contributed by atoms with Crippen molar-refractivity contribution < 1.29 is 9.53 Å². The number of benzene rings is 2. The van der Waals surface area contributed by atoms with Gasteiger partial charge in [0.2, 0.25) is 0 Å². The number of aryl methyl sites for hydroxylation is 2. The fourth-order valence-electron chi connectivity index (χ4n) is 2.40. The summed E-state index contributed by atoms with van der Waals surface area (Å²) >= 11 is 0. The van der Waals surface area contributed by atoms with Crippen molar-refractivity contribution in [3.63, 3.8) is 0 Å². The third-order valence-electron chi connectivity index (χ3n) is 3.54. The van der Waals surface area contributed by atoms with E-state index in [0.29, 0.717) is 12.2 Å². The van der Waals surface area contributed by atoms with Crippen LogP contribution in [0.25, 0.3) is 0 Å². The number of ether oxygens (including phenoxy) is 1. The van der Waals surface area contributed by atoms with Gasteiger partial charge in [-0.2, -0.15) is 0 Å². The van der Waals surface area contributed by atoms with Crippen LogP contribution in [0.3, 0.4) is 0 Å². The molecule has 1 heterocycles. The Labute approximate surface area is 118 Å². The Morgan fingerprint density at radius 2 is 1.75 bits per heavy atom. The lowest BCUT2D eigenvalue weighted by Gasteiger charge is -2.16. The minimum Gasteiger partial charge on any atom is -0.424 e. The van der Waals surface area contributed by atoms with Gasteiger partial charge in [-0.25, -0.2) is 0 Å². The van der Waals surface area contributed by atoms with E-state index in [1.54, 1.807) is 0 Å². The molecule has 0 saturated heterocycles. The molecule has 0 fully saturated rings. The van der Waals surface area contributed by atoms with Gasteiger partial charge in [0.25, 0.3) is 0 Å². The maximum Gasteiger partial charge on any atom is 0.313 e. The lowest BCUT2D eigenvalue weighted by atomic mass is 10.0. The van der Waals surface area contributed by atoms with Crippen LogP contribution in [0.15, 0.2) is 42.5 Å². The van der Waals surface area contributed by atoms with Crippen molar-refractivity contribution >= 4 is 11.7 Å². The number of nitrogens with one attached hydrogen (secondary N) is 1. The molecule has 0 aromatic heterocycles. The van der Waals surface area contributed by atoms with Gasteiger partial charge in [-0.3, -0.25) is 4.79 Å². The topological polar surface area (TPSA) is 38.3 Å². The lowest BCUT2D eigenvalue weighted by molar-refractivity contribution is -0.134. The first kappa shape index (κ1) is 12.7. The quantitative estimate of drug-likeness (QED) is 0.631. The molecule has 3 heteroatoms. The van der Waals surface area contributed by atoms with Gasteiger partial charge in [-0.15, -0.1) is 0 Å². The number of carbonyl (C=O) groups is 1. The van der Waals surface area contributed by atoms with Crippen LogP contribution < -0.4 is 10.1 Å². The monoisotopic (exact) mass is 267 g/mol.